The van der Waals surface area contributed by atoms with Gasteiger partial charge in [0.1, 0.15) is 16.9 Å². The standard InChI is InChI=1S/C20H15Cl2FN2O2S/c21-16-6-2-1-5-15(16)20-24-18-7-3-4-8-19(18)28(26,27)25(20)12-13-9-10-14(23)11-17(13)22/h1-11,20,24H,12H2/t20-/m0/s1. The Balaban J connectivity index is 1.87. The van der Waals surface area contributed by atoms with Gasteiger partial charge in [-0.15, -0.1) is 0 Å². The fraction of sp³-hybridized carbons (Fsp3) is 0.100. The van der Waals surface area contributed by atoms with E-state index in [-0.39, 0.29) is 16.5 Å². The van der Waals surface area contributed by atoms with Crippen molar-refractivity contribution < 1.29 is 12.8 Å². The zero-order valence-corrected chi connectivity index (χ0v) is 16.8. The summed E-state index contributed by atoms with van der Waals surface area (Å²) < 4.78 is 41.5. The molecule has 0 fully saturated rings. The van der Waals surface area contributed by atoms with Gasteiger partial charge in [0, 0.05) is 22.2 Å². The highest BCUT2D eigenvalue weighted by Crippen LogP contribution is 2.41. The van der Waals surface area contributed by atoms with Crippen LogP contribution in [0.5, 0.6) is 0 Å². The number of fused-ring (bicyclic) bond motifs is 1. The molecule has 144 valence electrons. The molecule has 0 aliphatic carbocycles. The van der Waals surface area contributed by atoms with Crippen LogP contribution in [0.25, 0.3) is 0 Å². The molecule has 3 aromatic rings. The van der Waals surface area contributed by atoms with Crippen LogP contribution in [-0.4, -0.2) is 12.7 Å². The summed E-state index contributed by atoms with van der Waals surface area (Å²) in [6, 6.07) is 17.6. The maximum atomic E-state index is 13.4. The van der Waals surface area contributed by atoms with Crippen LogP contribution < -0.4 is 5.32 Å². The summed E-state index contributed by atoms with van der Waals surface area (Å²) in [5.41, 5.74) is 1.60. The average Bonchev–Trinajstić information content (AvgIpc) is 2.66. The second-order valence-corrected chi connectivity index (χ2v) is 9.02. The van der Waals surface area contributed by atoms with Crippen LogP contribution in [-0.2, 0) is 16.6 Å². The summed E-state index contributed by atoms with van der Waals surface area (Å²) in [5, 5.41) is 3.85. The van der Waals surface area contributed by atoms with E-state index in [1.165, 1.54) is 22.5 Å². The van der Waals surface area contributed by atoms with Crippen LogP contribution in [0.1, 0.15) is 17.3 Å². The van der Waals surface area contributed by atoms with E-state index < -0.39 is 22.0 Å². The molecule has 0 bridgehead atoms. The first kappa shape index (κ1) is 19.2. The van der Waals surface area contributed by atoms with Crippen molar-refractivity contribution in [3.8, 4) is 0 Å². The van der Waals surface area contributed by atoms with Gasteiger partial charge in [0.25, 0.3) is 0 Å². The molecule has 1 heterocycles. The second-order valence-electron chi connectivity index (χ2n) is 6.35. The van der Waals surface area contributed by atoms with Crippen LogP contribution in [0.15, 0.2) is 71.6 Å². The lowest BCUT2D eigenvalue weighted by molar-refractivity contribution is 0.336. The van der Waals surface area contributed by atoms with Gasteiger partial charge in [-0.05, 0) is 35.9 Å². The topological polar surface area (TPSA) is 49.4 Å². The molecule has 0 radical (unpaired) electrons. The Kier molecular flexibility index (Phi) is 5.05. The van der Waals surface area contributed by atoms with Crippen LogP contribution in [0.2, 0.25) is 10.0 Å². The van der Waals surface area contributed by atoms with Gasteiger partial charge >= 0.3 is 0 Å². The summed E-state index contributed by atoms with van der Waals surface area (Å²) in [7, 11) is -3.86. The van der Waals surface area contributed by atoms with Gasteiger partial charge in [0.05, 0.1) is 5.69 Å². The zero-order valence-electron chi connectivity index (χ0n) is 14.4. The summed E-state index contributed by atoms with van der Waals surface area (Å²) >= 11 is 12.5. The molecule has 0 amide bonds. The molecule has 1 N–H and O–H groups in total. The lowest BCUT2D eigenvalue weighted by atomic mass is 10.1. The maximum absolute atomic E-state index is 13.4. The number of hydrogen-bond acceptors (Lipinski definition) is 3. The fourth-order valence-corrected chi connectivity index (χ4v) is 5.35. The first-order chi connectivity index (χ1) is 13.4. The number of hydrogen-bond donors (Lipinski definition) is 1. The van der Waals surface area contributed by atoms with E-state index in [0.29, 0.717) is 21.8 Å². The fourth-order valence-electron chi connectivity index (χ4n) is 3.22. The van der Waals surface area contributed by atoms with Crippen LogP contribution in [0, 0.1) is 5.82 Å². The number of nitrogens with one attached hydrogen (secondary N) is 1. The van der Waals surface area contributed by atoms with E-state index in [1.54, 1.807) is 48.5 Å². The highest BCUT2D eigenvalue weighted by atomic mass is 35.5. The summed E-state index contributed by atoms with van der Waals surface area (Å²) in [6.07, 6.45) is -0.741. The predicted octanol–water partition coefficient (Wildman–Crippen LogP) is 5.45. The molecule has 0 saturated heterocycles. The van der Waals surface area contributed by atoms with E-state index in [4.69, 9.17) is 23.2 Å². The number of anilines is 1. The minimum absolute atomic E-state index is 0.0430. The van der Waals surface area contributed by atoms with E-state index >= 15 is 0 Å². The van der Waals surface area contributed by atoms with Crippen LogP contribution in [0.3, 0.4) is 0 Å². The highest BCUT2D eigenvalue weighted by molar-refractivity contribution is 7.89. The third-order valence-corrected chi connectivity index (χ3v) is 7.16. The molecule has 3 aromatic carbocycles. The molecule has 28 heavy (non-hydrogen) atoms. The predicted molar refractivity (Wildman–Crippen MR) is 108 cm³/mol. The van der Waals surface area contributed by atoms with Gasteiger partial charge in [0.2, 0.25) is 10.0 Å². The smallest absolute Gasteiger partial charge is 0.247 e. The second kappa shape index (κ2) is 7.37. The van der Waals surface area contributed by atoms with Gasteiger partial charge < -0.3 is 5.32 Å². The Labute approximate surface area is 172 Å². The van der Waals surface area contributed by atoms with Crippen molar-refractivity contribution in [1.82, 2.24) is 4.31 Å². The number of sulfonamides is 1. The number of nitrogens with zero attached hydrogens (tertiary/aromatic N) is 1. The Morgan fingerprint density at radius 2 is 1.68 bits per heavy atom. The molecule has 1 atom stereocenters. The van der Waals surface area contributed by atoms with Crippen molar-refractivity contribution >= 4 is 38.9 Å². The Morgan fingerprint density at radius 3 is 2.43 bits per heavy atom. The van der Waals surface area contributed by atoms with Crippen LogP contribution >= 0.6 is 23.2 Å². The first-order valence-corrected chi connectivity index (χ1v) is 10.6. The number of rotatable bonds is 3. The number of benzene rings is 3. The quantitative estimate of drug-likeness (QED) is 0.593. The lowest BCUT2D eigenvalue weighted by Crippen LogP contribution is -2.42. The van der Waals surface area contributed by atoms with Crippen molar-refractivity contribution in [2.45, 2.75) is 17.6 Å². The van der Waals surface area contributed by atoms with Crippen molar-refractivity contribution in [1.29, 1.82) is 0 Å². The van der Waals surface area contributed by atoms with Gasteiger partial charge in [-0.2, -0.15) is 4.31 Å². The van der Waals surface area contributed by atoms with Gasteiger partial charge in [-0.1, -0.05) is 59.6 Å². The third kappa shape index (κ3) is 3.37. The maximum Gasteiger partial charge on any atom is 0.247 e. The van der Waals surface area contributed by atoms with Crippen molar-refractivity contribution in [3.63, 3.8) is 0 Å². The van der Waals surface area contributed by atoms with Gasteiger partial charge in [-0.3, -0.25) is 0 Å². The number of halogens is 3. The molecule has 1 aliphatic heterocycles. The molecular formula is C20H15Cl2FN2O2S. The minimum atomic E-state index is -3.86. The van der Waals surface area contributed by atoms with E-state index in [9.17, 15) is 12.8 Å². The molecule has 4 rings (SSSR count). The van der Waals surface area contributed by atoms with Gasteiger partial charge in [0.15, 0.2) is 0 Å². The molecule has 1 aliphatic rings. The van der Waals surface area contributed by atoms with E-state index in [0.717, 1.165) is 0 Å². The Morgan fingerprint density at radius 1 is 0.964 bits per heavy atom. The summed E-state index contributed by atoms with van der Waals surface area (Å²) in [6.45, 7) is -0.0430. The molecule has 0 aromatic heterocycles. The molecule has 8 heteroatoms. The monoisotopic (exact) mass is 436 g/mol. The molecule has 4 nitrogen and oxygen atoms in total. The summed E-state index contributed by atoms with van der Waals surface area (Å²) in [4.78, 5) is 0.163. The lowest BCUT2D eigenvalue weighted by Gasteiger charge is -2.37. The van der Waals surface area contributed by atoms with E-state index in [2.05, 4.69) is 5.32 Å². The Hall–Kier alpha value is -2.12. The molecule has 0 spiro atoms. The van der Waals surface area contributed by atoms with Crippen molar-refractivity contribution in [2.75, 3.05) is 5.32 Å². The zero-order chi connectivity index (χ0) is 19.9. The Bertz CT molecular complexity index is 1150. The van der Waals surface area contributed by atoms with Crippen LogP contribution in [0.4, 0.5) is 10.1 Å². The average molecular weight is 437 g/mol. The molecular weight excluding hydrogens is 422 g/mol. The largest absolute Gasteiger partial charge is 0.364 e. The molecule has 0 saturated carbocycles. The van der Waals surface area contributed by atoms with Gasteiger partial charge in [-0.25, -0.2) is 12.8 Å². The first-order valence-electron chi connectivity index (χ1n) is 8.44. The van der Waals surface area contributed by atoms with E-state index in [1.807, 2.05) is 0 Å². The molecule has 0 unspecified atom stereocenters. The number of para-hydroxylation sites is 1. The SMILES string of the molecule is O=S1(=O)c2ccccc2N[C@H](c2ccccc2Cl)N1Cc1ccc(F)cc1Cl. The van der Waals surface area contributed by atoms with Crippen molar-refractivity contribution in [3.05, 3.63) is 93.7 Å². The summed E-state index contributed by atoms with van der Waals surface area (Å²) in [5.74, 6) is -0.485. The van der Waals surface area contributed by atoms with Crippen molar-refractivity contribution in [2.24, 2.45) is 0 Å². The highest BCUT2D eigenvalue weighted by Gasteiger charge is 2.39. The minimum Gasteiger partial charge on any atom is -0.364 e. The normalized spacial score (nSPS) is 18.3. The third-order valence-electron chi connectivity index (χ3n) is 4.60.